The van der Waals surface area contributed by atoms with Crippen molar-refractivity contribution in [1.29, 1.82) is 0 Å². The fraction of sp³-hybridized carbons (Fsp3) is 0.0870. The Morgan fingerprint density at radius 1 is 1.06 bits per heavy atom. The number of nitrogens with zero attached hydrogens (tertiary/aromatic N) is 2. The average Bonchev–Trinajstić information content (AvgIpc) is 2.79. The molecule has 0 radical (unpaired) electrons. The number of ether oxygens (including phenoxy) is 2. The molecule has 0 amide bonds. The van der Waals surface area contributed by atoms with E-state index in [2.05, 4.69) is 10.1 Å². The Morgan fingerprint density at radius 2 is 1.81 bits per heavy atom. The van der Waals surface area contributed by atoms with Crippen LogP contribution in [-0.2, 0) is 6.61 Å². The van der Waals surface area contributed by atoms with Crippen molar-refractivity contribution < 1.29 is 9.47 Å². The van der Waals surface area contributed by atoms with Gasteiger partial charge in [0, 0.05) is 5.02 Å². The van der Waals surface area contributed by atoms with Crippen molar-refractivity contribution >= 4 is 40.3 Å². The van der Waals surface area contributed by atoms with Crippen molar-refractivity contribution in [1.82, 2.24) is 9.66 Å². The van der Waals surface area contributed by atoms with Crippen molar-refractivity contribution in [3.05, 3.63) is 103 Å². The molecule has 4 rings (SSSR count). The van der Waals surface area contributed by atoms with Crippen LogP contribution in [0.4, 0.5) is 0 Å². The van der Waals surface area contributed by atoms with Crippen LogP contribution in [0.3, 0.4) is 0 Å². The molecule has 0 unspecified atom stereocenters. The van der Waals surface area contributed by atoms with E-state index in [4.69, 9.17) is 32.7 Å². The SMILES string of the molecule is COc1cc(C=Nn2c(=O)[nH]c3ccccc3c2=O)cc(Cl)c1OCc1ccc(Cl)cc1. The molecule has 0 bridgehead atoms. The molecular formula is C23H17Cl2N3O4. The van der Waals surface area contributed by atoms with E-state index >= 15 is 0 Å². The predicted molar refractivity (Wildman–Crippen MR) is 126 cm³/mol. The molecule has 1 heterocycles. The van der Waals surface area contributed by atoms with Gasteiger partial charge in [0.1, 0.15) is 6.61 Å². The standard InChI is InChI=1S/C23H17Cl2N3O4/c1-31-20-11-15(10-18(25)21(20)32-13-14-6-8-16(24)9-7-14)12-26-28-22(29)17-4-2-3-5-19(17)27-23(28)30/h2-12H,13H2,1H3,(H,27,30). The number of aromatic amines is 1. The number of aromatic nitrogens is 2. The van der Waals surface area contributed by atoms with Crippen molar-refractivity contribution in [2.24, 2.45) is 5.10 Å². The minimum Gasteiger partial charge on any atom is -0.493 e. The van der Waals surface area contributed by atoms with Gasteiger partial charge >= 0.3 is 5.69 Å². The summed E-state index contributed by atoms with van der Waals surface area (Å²) in [6.07, 6.45) is 1.35. The molecule has 0 aliphatic carbocycles. The highest BCUT2D eigenvalue weighted by atomic mass is 35.5. The van der Waals surface area contributed by atoms with Crippen molar-refractivity contribution in [2.75, 3.05) is 7.11 Å². The van der Waals surface area contributed by atoms with E-state index in [1.165, 1.54) is 13.3 Å². The van der Waals surface area contributed by atoms with Gasteiger partial charge in [-0.1, -0.05) is 47.5 Å². The van der Waals surface area contributed by atoms with E-state index in [0.717, 1.165) is 10.2 Å². The number of benzene rings is 3. The van der Waals surface area contributed by atoms with Crippen LogP contribution in [0.25, 0.3) is 10.9 Å². The fourth-order valence-electron chi connectivity index (χ4n) is 3.07. The summed E-state index contributed by atoms with van der Waals surface area (Å²) in [7, 11) is 1.49. The van der Waals surface area contributed by atoms with Crippen LogP contribution in [0.2, 0.25) is 10.0 Å². The number of nitrogens with one attached hydrogen (secondary N) is 1. The van der Waals surface area contributed by atoms with Gasteiger partial charge in [-0.05, 0) is 47.5 Å². The maximum absolute atomic E-state index is 12.6. The van der Waals surface area contributed by atoms with Crippen LogP contribution in [0.5, 0.6) is 11.5 Å². The third kappa shape index (κ3) is 4.54. The average molecular weight is 470 g/mol. The van der Waals surface area contributed by atoms with Gasteiger partial charge in [0.25, 0.3) is 5.56 Å². The van der Waals surface area contributed by atoms with Gasteiger partial charge in [-0.15, -0.1) is 4.68 Å². The molecular weight excluding hydrogens is 453 g/mol. The van der Waals surface area contributed by atoms with Crippen LogP contribution in [0, 0.1) is 0 Å². The Hall–Kier alpha value is -3.55. The second-order valence-corrected chi connectivity index (χ2v) is 7.63. The van der Waals surface area contributed by atoms with Crippen LogP contribution < -0.4 is 20.7 Å². The normalized spacial score (nSPS) is 11.2. The lowest BCUT2D eigenvalue weighted by Gasteiger charge is -2.13. The van der Waals surface area contributed by atoms with Crippen molar-refractivity contribution in [2.45, 2.75) is 6.61 Å². The summed E-state index contributed by atoms with van der Waals surface area (Å²) in [4.78, 5) is 27.5. The van der Waals surface area contributed by atoms with E-state index in [-0.39, 0.29) is 6.61 Å². The lowest BCUT2D eigenvalue weighted by atomic mass is 10.2. The molecule has 3 aromatic carbocycles. The number of para-hydroxylation sites is 1. The maximum atomic E-state index is 12.6. The number of methoxy groups -OCH3 is 1. The number of fused-ring (bicyclic) bond motifs is 1. The fourth-order valence-corrected chi connectivity index (χ4v) is 3.47. The van der Waals surface area contributed by atoms with E-state index in [9.17, 15) is 9.59 Å². The van der Waals surface area contributed by atoms with Crippen LogP contribution >= 0.6 is 23.2 Å². The van der Waals surface area contributed by atoms with E-state index in [1.807, 2.05) is 12.1 Å². The Labute approximate surface area is 192 Å². The zero-order valence-electron chi connectivity index (χ0n) is 16.8. The molecule has 0 saturated carbocycles. The molecule has 162 valence electrons. The van der Waals surface area contributed by atoms with Gasteiger partial charge in [-0.25, -0.2) is 4.79 Å². The number of rotatable bonds is 6. The Bertz CT molecular complexity index is 1430. The van der Waals surface area contributed by atoms with Crippen molar-refractivity contribution in [3.8, 4) is 11.5 Å². The predicted octanol–water partition coefficient (Wildman–Crippen LogP) is 4.47. The molecule has 0 spiro atoms. The first-order valence-corrected chi connectivity index (χ1v) is 10.2. The van der Waals surface area contributed by atoms with Gasteiger partial charge in [-0.3, -0.25) is 4.79 Å². The Morgan fingerprint density at radius 3 is 2.56 bits per heavy atom. The Balaban J connectivity index is 1.62. The third-order valence-electron chi connectivity index (χ3n) is 4.65. The molecule has 9 heteroatoms. The molecule has 0 fully saturated rings. The van der Waals surface area contributed by atoms with Gasteiger partial charge in [0.05, 0.1) is 29.2 Å². The quantitative estimate of drug-likeness (QED) is 0.422. The molecule has 4 aromatic rings. The number of hydrogen-bond donors (Lipinski definition) is 1. The summed E-state index contributed by atoms with van der Waals surface area (Å²) in [5.41, 5.74) is 0.701. The zero-order chi connectivity index (χ0) is 22.7. The highest BCUT2D eigenvalue weighted by molar-refractivity contribution is 6.32. The van der Waals surface area contributed by atoms with Gasteiger partial charge in [0.2, 0.25) is 0 Å². The summed E-state index contributed by atoms with van der Waals surface area (Å²) < 4.78 is 12.0. The molecule has 0 aliphatic heterocycles. The maximum Gasteiger partial charge on any atom is 0.349 e. The summed E-state index contributed by atoms with van der Waals surface area (Å²) in [6.45, 7) is 0.266. The van der Waals surface area contributed by atoms with Gasteiger partial charge < -0.3 is 14.5 Å². The molecule has 1 N–H and O–H groups in total. The molecule has 0 atom stereocenters. The first-order valence-electron chi connectivity index (χ1n) is 9.49. The third-order valence-corrected chi connectivity index (χ3v) is 5.19. The molecule has 0 aliphatic rings. The summed E-state index contributed by atoms with van der Waals surface area (Å²) in [5.74, 6) is 0.745. The van der Waals surface area contributed by atoms with Crippen LogP contribution in [-0.4, -0.2) is 23.0 Å². The minimum atomic E-state index is -0.647. The second-order valence-electron chi connectivity index (χ2n) is 6.79. The highest BCUT2D eigenvalue weighted by Crippen LogP contribution is 2.36. The summed E-state index contributed by atoms with van der Waals surface area (Å²) in [6, 6.07) is 17.2. The lowest BCUT2D eigenvalue weighted by molar-refractivity contribution is 0.284. The lowest BCUT2D eigenvalue weighted by Crippen LogP contribution is -2.32. The molecule has 32 heavy (non-hydrogen) atoms. The summed E-state index contributed by atoms with van der Waals surface area (Å²) in [5, 5.41) is 5.32. The smallest absolute Gasteiger partial charge is 0.349 e. The number of hydrogen-bond acceptors (Lipinski definition) is 5. The van der Waals surface area contributed by atoms with Gasteiger partial charge in [-0.2, -0.15) is 5.10 Å². The molecule has 1 aromatic heterocycles. The highest BCUT2D eigenvalue weighted by Gasteiger charge is 2.12. The largest absolute Gasteiger partial charge is 0.493 e. The number of H-pyrrole nitrogens is 1. The Kier molecular flexibility index (Phi) is 6.30. The zero-order valence-corrected chi connectivity index (χ0v) is 18.4. The topological polar surface area (TPSA) is 85.7 Å². The van der Waals surface area contributed by atoms with Crippen molar-refractivity contribution in [3.63, 3.8) is 0 Å². The van der Waals surface area contributed by atoms with Gasteiger partial charge in [0.15, 0.2) is 11.5 Å². The molecule has 7 nitrogen and oxygen atoms in total. The van der Waals surface area contributed by atoms with Crippen LogP contribution in [0.1, 0.15) is 11.1 Å². The van der Waals surface area contributed by atoms with E-state index in [0.29, 0.717) is 38.0 Å². The second kappa shape index (κ2) is 9.30. The minimum absolute atomic E-state index is 0.266. The monoisotopic (exact) mass is 469 g/mol. The van der Waals surface area contributed by atoms with Crippen LogP contribution in [0.15, 0.2) is 75.4 Å². The van der Waals surface area contributed by atoms with E-state index in [1.54, 1.807) is 48.5 Å². The molecule has 0 saturated heterocycles. The first-order chi connectivity index (χ1) is 15.5. The van der Waals surface area contributed by atoms with E-state index < -0.39 is 11.2 Å². The summed E-state index contributed by atoms with van der Waals surface area (Å²) >= 11 is 12.3. The number of halogens is 2. The first kappa shape index (κ1) is 21.7.